The average molecular weight is 268 g/mol. The molecule has 0 amide bonds. The van der Waals surface area contributed by atoms with Crippen molar-refractivity contribution in [3.8, 4) is 0 Å². The van der Waals surface area contributed by atoms with Crippen LogP contribution in [0.3, 0.4) is 0 Å². The van der Waals surface area contributed by atoms with E-state index in [1.54, 1.807) is 0 Å². The summed E-state index contributed by atoms with van der Waals surface area (Å²) in [5.74, 6) is 0. The lowest BCUT2D eigenvalue weighted by Gasteiger charge is -2.37. The van der Waals surface area contributed by atoms with Gasteiger partial charge in [0.2, 0.25) is 0 Å². The van der Waals surface area contributed by atoms with Crippen LogP contribution < -0.4 is 10.6 Å². The molecule has 0 atom stereocenters. The van der Waals surface area contributed by atoms with Gasteiger partial charge in [-0.3, -0.25) is 0 Å². The number of hydrogen-bond acceptors (Lipinski definition) is 3. The number of nitrogens with two attached hydrogens (primary N) is 1. The van der Waals surface area contributed by atoms with Gasteiger partial charge in [-0.15, -0.1) is 0 Å². The van der Waals surface area contributed by atoms with E-state index in [0.29, 0.717) is 12.6 Å². The van der Waals surface area contributed by atoms with E-state index < -0.39 is 0 Å². The van der Waals surface area contributed by atoms with Crippen molar-refractivity contribution in [2.24, 2.45) is 5.73 Å². The minimum Gasteiger partial charge on any atom is -0.370 e. The maximum Gasteiger partial charge on any atom is 0.0642 e. The molecule has 0 spiro atoms. The average Bonchev–Trinajstić information content (AvgIpc) is 2.38. The highest BCUT2D eigenvalue weighted by atomic mass is 35.5. The summed E-state index contributed by atoms with van der Waals surface area (Å²) in [4.78, 5) is 4.69. The lowest BCUT2D eigenvalue weighted by atomic mass is 10.0. The summed E-state index contributed by atoms with van der Waals surface area (Å²) in [7, 11) is 4.31. The predicted molar refractivity (Wildman–Crippen MR) is 78.3 cm³/mol. The van der Waals surface area contributed by atoms with Gasteiger partial charge in [-0.05, 0) is 38.6 Å². The maximum absolute atomic E-state index is 6.33. The first-order valence-electron chi connectivity index (χ1n) is 6.52. The van der Waals surface area contributed by atoms with Gasteiger partial charge >= 0.3 is 0 Å². The Labute approximate surface area is 115 Å². The van der Waals surface area contributed by atoms with Crippen LogP contribution in [0.4, 0.5) is 5.69 Å². The fourth-order valence-electron chi connectivity index (χ4n) is 2.68. The van der Waals surface area contributed by atoms with Crippen molar-refractivity contribution in [2.75, 3.05) is 32.1 Å². The second kappa shape index (κ2) is 5.91. The highest BCUT2D eigenvalue weighted by molar-refractivity contribution is 6.33. The standard InChI is InChI=1S/C14H22ClN3/c1-17(2)12-6-8-18(9-7-12)14-11(10-16)4-3-5-13(14)15/h3-5,12H,6-10,16H2,1-2H3. The fraction of sp³-hybridized carbons (Fsp3) is 0.571. The Bertz CT molecular complexity index is 398. The highest BCUT2D eigenvalue weighted by Gasteiger charge is 2.23. The van der Waals surface area contributed by atoms with Crippen LogP contribution in [0.1, 0.15) is 18.4 Å². The second-order valence-electron chi connectivity index (χ2n) is 5.13. The number of piperidine rings is 1. The summed E-state index contributed by atoms with van der Waals surface area (Å²) in [5, 5.41) is 0.821. The van der Waals surface area contributed by atoms with Crippen molar-refractivity contribution in [2.45, 2.75) is 25.4 Å². The van der Waals surface area contributed by atoms with Crippen molar-refractivity contribution in [1.29, 1.82) is 0 Å². The minimum atomic E-state index is 0.545. The smallest absolute Gasteiger partial charge is 0.0642 e. The maximum atomic E-state index is 6.33. The van der Waals surface area contributed by atoms with Gasteiger partial charge in [-0.2, -0.15) is 0 Å². The molecule has 2 N–H and O–H groups in total. The molecule has 1 aliphatic rings. The molecular formula is C14H22ClN3. The Morgan fingerprint density at radius 3 is 2.56 bits per heavy atom. The largest absolute Gasteiger partial charge is 0.370 e. The zero-order valence-corrected chi connectivity index (χ0v) is 12.0. The van der Waals surface area contributed by atoms with Gasteiger partial charge in [0.15, 0.2) is 0 Å². The van der Waals surface area contributed by atoms with Crippen molar-refractivity contribution < 1.29 is 0 Å². The Balaban J connectivity index is 2.14. The number of hydrogen-bond donors (Lipinski definition) is 1. The lowest BCUT2D eigenvalue weighted by Crippen LogP contribution is -2.42. The topological polar surface area (TPSA) is 32.5 Å². The summed E-state index contributed by atoms with van der Waals surface area (Å²) >= 11 is 6.33. The molecule has 1 aromatic carbocycles. The van der Waals surface area contributed by atoms with Gasteiger partial charge in [-0.1, -0.05) is 23.7 Å². The summed E-state index contributed by atoms with van der Waals surface area (Å²) in [6.07, 6.45) is 2.37. The first-order valence-corrected chi connectivity index (χ1v) is 6.90. The second-order valence-corrected chi connectivity index (χ2v) is 5.54. The van der Waals surface area contributed by atoms with Crippen LogP contribution >= 0.6 is 11.6 Å². The molecule has 1 aromatic rings. The van der Waals surface area contributed by atoms with Crippen molar-refractivity contribution >= 4 is 17.3 Å². The zero-order chi connectivity index (χ0) is 13.1. The molecule has 18 heavy (non-hydrogen) atoms. The van der Waals surface area contributed by atoms with Gasteiger partial charge in [0.25, 0.3) is 0 Å². The van der Waals surface area contributed by atoms with Crippen molar-refractivity contribution in [3.63, 3.8) is 0 Å². The summed E-state index contributed by atoms with van der Waals surface area (Å²) in [6.45, 7) is 2.66. The summed E-state index contributed by atoms with van der Waals surface area (Å²) < 4.78 is 0. The fourth-order valence-corrected chi connectivity index (χ4v) is 3.00. The van der Waals surface area contributed by atoms with E-state index in [1.807, 2.05) is 12.1 Å². The number of benzene rings is 1. The van der Waals surface area contributed by atoms with Gasteiger partial charge in [0, 0.05) is 25.7 Å². The molecule has 4 heteroatoms. The molecule has 2 rings (SSSR count). The third-order valence-corrected chi connectivity index (χ3v) is 4.11. The Morgan fingerprint density at radius 2 is 2.00 bits per heavy atom. The zero-order valence-electron chi connectivity index (χ0n) is 11.2. The number of halogens is 1. The molecule has 1 heterocycles. The molecule has 0 radical (unpaired) electrons. The van der Waals surface area contributed by atoms with Crippen LogP contribution in [0.2, 0.25) is 5.02 Å². The van der Waals surface area contributed by atoms with Crippen molar-refractivity contribution in [3.05, 3.63) is 28.8 Å². The molecule has 1 aliphatic heterocycles. The summed E-state index contributed by atoms with van der Waals surface area (Å²) in [5.41, 5.74) is 8.09. The van der Waals surface area contributed by atoms with Gasteiger partial charge in [-0.25, -0.2) is 0 Å². The molecule has 0 bridgehead atoms. The molecule has 0 aliphatic carbocycles. The van der Waals surface area contributed by atoms with Gasteiger partial charge in [0.1, 0.15) is 0 Å². The molecular weight excluding hydrogens is 246 g/mol. The SMILES string of the molecule is CN(C)C1CCN(c2c(Cl)cccc2CN)CC1. The van der Waals surface area contributed by atoms with Gasteiger partial charge in [0.05, 0.1) is 10.7 Å². The van der Waals surface area contributed by atoms with E-state index >= 15 is 0 Å². The number of anilines is 1. The van der Waals surface area contributed by atoms with E-state index in [0.717, 1.165) is 29.4 Å². The van der Waals surface area contributed by atoms with Gasteiger partial charge < -0.3 is 15.5 Å². The molecule has 0 unspecified atom stereocenters. The lowest BCUT2D eigenvalue weighted by molar-refractivity contribution is 0.249. The quantitative estimate of drug-likeness (QED) is 0.912. The van der Waals surface area contributed by atoms with Crippen LogP contribution in [0, 0.1) is 0 Å². The monoisotopic (exact) mass is 267 g/mol. The summed E-state index contributed by atoms with van der Waals surface area (Å²) in [6, 6.07) is 6.68. The van der Waals surface area contributed by atoms with Crippen LogP contribution in [-0.2, 0) is 6.54 Å². The first-order chi connectivity index (χ1) is 8.63. The molecule has 1 saturated heterocycles. The van der Waals surface area contributed by atoms with Crippen LogP contribution in [0.25, 0.3) is 0 Å². The number of rotatable bonds is 3. The molecule has 1 fully saturated rings. The van der Waals surface area contributed by atoms with E-state index in [2.05, 4.69) is 30.0 Å². The normalized spacial score (nSPS) is 17.5. The molecule has 0 aromatic heterocycles. The number of para-hydroxylation sites is 1. The molecule has 0 saturated carbocycles. The van der Waals surface area contributed by atoms with E-state index in [1.165, 1.54) is 12.8 Å². The Morgan fingerprint density at radius 1 is 1.33 bits per heavy atom. The van der Waals surface area contributed by atoms with E-state index in [4.69, 9.17) is 17.3 Å². The van der Waals surface area contributed by atoms with E-state index in [-0.39, 0.29) is 0 Å². The van der Waals surface area contributed by atoms with Crippen molar-refractivity contribution in [1.82, 2.24) is 4.90 Å². The van der Waals surface area contributed by atoms with Crippen LogP contribution in [-0.4, -0.2) is 38.1 Å². The highest BCUT2D eigenvalue weighted by Crippen LogP contribution is 2.32. The molecule has 100 valence electrons. The van der Waals surface area contributed by atoms with E-state index in [9.17, 15) is 0 Å². The third kappa shape index (κ3) is 2.79. The Hall–Kier alpha value is -0.770. The third-order valence-electron chi connectivity index (χ3n) is 3.80. The predicted octanol–water partition coefficient (Wildman–Crippen LogP) is 2.33. The van der Waals surface area contributed by atoms with Crippen LogP contribution in [0.5, 0.6) is 0 Å². The Kier molecular flexibility index (Phi) is 4.49. The molecule has 3 nitrogen and oxygen atoms in total. The number of nitrogens with zero attached hydrogens (tertiary/aromatic N) is 2. The first kappa shape index (κ1) is 13.7. The van der Waals surface area contributed by atoms with Crippen LogP contribution in [0.15, 0.2) is 18.2 Å². The minimum absolute atomic E-state index is 0.545.